The molecule has 0 aliphatic heterocycles. The van der Waals surface area contributed by atoms with Crippen LogP contribution in [0, 0.1) is 0 Å². The zero-order chi connectivity index (χ0) is 20.8. The minimum atomic E-state index is -0.502. The van der Waals surface area contributed by atoms with Crippen molar-refractivity contribution in [2.45, 2.75) is 0 Å². The molecule has 29 heavy (non-hydrogen) atoms. The summed E-state index contributed by atoms with van der Waals surface area (Å²) < 4.78 is 21.5. The summed E-state index contributed by atoms with van der Waals surface area (Å²) in [4.78, 5) is 23.4. The highest BCUT2D eigenvalue weighted by molar-refractivity contribution is 9.10. The molecule has 0 saturated heterocycles. The van der Waals surface area contributed by atoms with Crippen LogP contribution in [0.2, 0.25) is 0 Å². The van der Waals surface area contributed by atoms with Crippen LogP contribution in [0.25, 0.3) is 11.0 Å². The predicted octanol–water partition coefficient (Wildman–Crippen LogP) is 3.52. The normalized spacial score (nSPS) is 10.9. The standard InChI is InChI=1S/C20H17BrN2O6/c1-26-17-7-12(3-5-16(17)28-11-19(24)27-2)10-22-23-20(25)18-9-13-8-14(21)4-6-15(13)29-18/h3-10H,11H2,1-2H3,(H,23,25)/b22-10+. The van der Waals surface area contributed by atoms with Gasteiger partial charge in [0.25, 0.3) is 0 Å². The van der Waals surface area contributed by atoms with Gasteiger partial charge in [0.15, 0.2) is 23.9 Å². The molecule has 0 bridgehead atoms. The van der Waals surface area contributed by atoms with E-state index in [-0.39, 0.29) is 12.4 Å². The number of hydrogen-bond acceptors (Lipinski definition) is 7. The number of fused-ring (bicyclic) bond motifs is 1. The highest BCUT2D eigenvalue weighted by Gasteiger charge is 2.12. The van der Waals surface area contributed by atoms with Crippen molar-refractivity contribution in [3.8, 4) is 11.5 Å². The summed E-state index contributed by atoms with van der Waals surface area (Å²) in [5, 5.41) is 4.74. The molecule has 1 heterocycles. The quantitative estimate of drug-likeness (QED) is 0.329. The fraction of sp³-hybridized carbons (Fsp3) is 0.150. The number of benzene rings is 2. The van der Waals surface area contributed by atoms with Gasteiger partial charge in [0.05, 0.1) is 20.4 Å². The molecule has 9 heteroatoms. The van der Waals surface area contributed by atoms with E-state index in [9.17, 15) is 9.59 Å². The van der Waals surface area contributed by atoms with E-state index in [2.05, 4.69) is 31.2 Å². The molecule has 0 spiro atoms. The summed E-state index contributed by atoms with van der Waals surface area (Å²) >= 11 is 3.38. The molecule has 0 radical (unpaired) electrons. The van der Waals surface area contributed by atoms with Crippen molar-refractivity contribution in [1.29, 1.82) is 0 Å². The Morgan fingerprint density at radius 2 is 1.97 bits per heavy atom. The molecule has 0 aliphatic rings. The van der Waals surface area contributed by atoms with Gasteiger partial charge in [-0.15, -0.1) is 0 Å². The van der Waals surface area contributed by atoms with Gasteiger partial charge >= 0.3 is 11.9 Å². The van der Waals surface area contributed by atoms with Crippen molar-refractivity contribution in [1.82, 2.24) is 5.43 Å². The number of nitrogens with zero attached hydrogens (tertiary/aromatic N) is 1. The van der Waals surface area contributed by atoms with Crippen molar-refractivity contribution in [2.75, 3.05) is 20.8 Å². The lowest BCUT2D eigenvalue weighted by atomic mass is 10.2. The molecule has 0 aliphatic carbocycles. The number of esters is 1. The van der Waals surface area contributed by atoms with E-state index in [4.69, 9.17) is 13.9 Å². The Balaban J connectivity index is 1.65. The van der Waals surface area contributed by atoms with Crippen LogP contribution >= 0.6 is 15.9 Å². The number of hydrazone groups is 1. The van der Waals surface area contributed by atoms with E-state index in [1.165, 1.54) is 20.4 Å². The van der Waals surface area contributed by atoms with Gasteiger partial charge < -0.3 is 18.6 Å². The van der Waals surface area contributed by atoms with E-state index in [1.54, 1.807) is 30.3 Å². The maximum Gasteiger partial charge on any atom is 0.343 e. The molecule has 0 saturated carbocycles. The van der Waals surface area contributed by atoms with Crippen molar-refractivity contribution in [3.05, 3.63) is 58.3 Å². The third kappa shape index (κ3) is 5.14. The van der Waals surface area contributed by atoms with Gasteiger partial charge in [-0.25, -0.2) is 10.2 Å². The zero-order valence-electron chi connectivity index (χ0n) is 15.6. The number of rotatable bonds is 7. The molecule has 0 fully saturated rings. The second kappa shape index (κ2) is 9.24. The van der Waals surface area contributed by atoms with Crippen LogP contribution in [0.1, 0.15) is 16.1 Å². The minimum absolute atomic E-state index is 0.152. The fourth-order valence-electron chi connectivity index (χ4n) is 2.43. The van der Waals surface area contributed by atoms with E-state index in [1.807, 2.05) is 12.1 Å². The first-order valence-corrected chi connectivity index (χ1v) is 9.19. The molecule has 150 valence electrons. The van der Waals surface area contributed by atoms with Crippen LogP contribution in [-0.4, -0.2) is 38.9 Å². The van der Waals surface area contributed by atoms with Gasteiger partial charge in [-0.3, -0.25) is 4.79 Å². The highest BCUT2D eigenvalue weighted by Crippen LogP contribution is 2.27. The topological polar surface area (TPSA) is 99.4 Å². The average molecular weight is 461 g/mol. The smallest absolute Gasteiger partial charge is 0.343 e. The van der Waals surface area contributed by atoms with Gasteiger partial charge in [-0.05, 0) is 48.0 Å². The van der Waals surface area contributed by atoms with Crippen molar-refractivity contribution in [2.24, 2.45) is 5.10 Å². The van der Waals surface area contributed by atoms with E-state index in [0.717, 1.165) is 9.86 Å². The van der Waals surface area contributed by atoms with Gasteiger partial charge in [-0.1, -0.05) is 15.9 Å². The lowest BCUT2D eigenvalue weighted by molar-refractivity contribution is -0.142. The molecule has 1 amide bonds. The third-order valence-electron chi connectivity index (χ3n) is 3.84. The van der Waals surface area contributed by atoms with E-state index < -0.39 is 11.9 Å². The second-order valence-electron chi connectivity index (χ2n) is 5.77. The Hall–Kier alpha value is -3.33. The Labute approximate surface area is 174 Å². The summed E-state index contributed by atoms with van der Waals surface area (Å²) in [5.74, 6) is -0.0316. The van der Waals surface area contributed by atoms with Crippen LogP contribution in [-0.2, 0) is 9.53 Å². The number of methoxy groups -OCH3 is 2. The van der Waals surface area contributed by atoms with Gasteiger partial charge in [0.1, 0.15) is 5.58 Å². The molecular weight excluding hydrogens is 444 g/mol. The molecule has 1 aromatic heterocycles. The molecule has 3 aromatic rings. The monoisotopic (exact) mass is 460 g/mol. The minimum Gasteiger partial charge on any atom is -0.493 e. The maximum atomic E-state index is 12.2. The van der Waals surface area contributed by atoms with Gasteiger partial charge in [-0.2, -0.15) is 5.10 Å². The van der Waals surface area contributed by atoms with Crippen molar-refractivity contribution >= 4 is 45.0 Å². The Morgan fingerprint density at radius 3 is 2.72 bits per heavy atom. The SMILES string of the molecule is COC(=O)COc1ccc(/C=N/NC(=O)c2cc3cc(Br)ccc3o2)cc1OC. The lowest BCUT2D eigenvalue weighted by Gasteiger charge is -2.10. The molecule has 2 aromatic carbocycles. The second-order valence-corrected chi connectivity index (χ2v) is 6.68. The lowest BCUT2D eigenvalue weighted by Crippen LogP contribution is -2.16. The summed E-state index contributed by atoms with van der Waals surface area (Å²) in [6, 6.07) is 12.1. The fourth-order valence-corrected chi connectivity index (χ4v) is 2.80. The maximum absolute atomic E-state index is 12.2. The van der Waals surface area contributed by atoms with Crippen LogP contribution in [0.5, 0.6) is 11.5 Å². The predicted molar refractivity (Wildman–Crippen MR) is 109 cm³/mol. The average Bonchev–Trinajstić information content (AvgIpc) is 3.15. The number of furan rings is 1. The molecular formula is C20H17BrN2O6. The van der Waals surface area contributed by atoms with Crippen molar-refractivity contribution in [3.63, 3.8) is 0 Å². The first kappa shape index (κ1) is 20.4. The Bertz CT molecular complexity index is 1080. The first-order chi connectivity index (χ1) is 14.0. The Morgan fingerprint density at radius 1 is 1.14 bits per heavy atom. The first-order valence-electron chi connectivity index (χ1n) is 8.40. The van der Waals surface area contributed by atoms with Crippen LogP contribution in [0.4, 0.5) is 0 Å². The third-order valence-corrected chi connectivity index (χ3v) is 4.34. The molecule has 3 rings (SSSR count). The van der Waals surface area contributed by atoms with Gasteiger partial charge in [0, 0.05) is 9.86 Å². The largest absolute Gasteiger partial charge is 0.493 e. The summed E-state index contributed by atoms with van der Waals surface area (Å²) in [6.07, 6.45) is 1.45. The van der Waals surface area contributed by atoms with Crippen LogP contribution in [0.3, 0.4) is 0 Å². The van der Waals surface area contributed by atoms with Crippen LogP contribution < -0.4 is 14.9 Å². The zero-order valence-corrected chi connectivity index (χ0v) is 17.2. The number of amides is 1. The number of nitrogens with one attached hydrogen (secondary N) is 1. The summed E-state index contributed by atoms with van der Waals surface area (Å²) in [7, 11) is 2.75. The number of halogens is 1. The number of carbonyl (C=O) groups excluding carboxylic acids is 2. The van der Waals surface area contributed by atoms with Gasteiger partial charge in [0.2, 0.25) is 0 Å². The summed E-state index contributed by atoms with van der Waals surface area (Å²) in [5.41, 5.74) is 3.67. The number of hydrogen-bond donors (Lipinski definition) is 1. The van der Waals surface area contributed by atoms with Crippen molar-refractivity contribution < 1.29 is 28.2 Å². The highest BCUT2D eigenvalue weighted by atomic mass is 79.9. The number of carbonyl (C=O) groups is 2. The molecule has 1 N–H and O–H groups in total. The van der Waals surface area contributed by atoms with E-state index >= 15 is 0 Å². The molecule has 0 unspecified atom stereocenters. The van der Waals surface area contributed by atoms with E-state index in [0.29, 0.717) is 22.6 Å². The molecule has 0 atom stereocenters. The Kier molecular flexibility index (Phi) is 6.50. The number of ether oxygens (including phenoxy) is 3. The summed E-state index contributed by atoms with van der Waals surface area (Å²) in [6.45, 7) is -0.232. The van der Waals surface area contributed by atoms with Crippen LogP contribution in [0.15, 0.2) is 56.5 Å². The molecule has 8 nitrogen and oxygen atoms in total.